The largest absolute Gasteiger partial charge is 0.317 e. The second-order valence-corrected chi connectivity index (χ2v) is 4.11. The van der Waals surface area contributed by atoms with Crippen LogP contribution in [0.25, 0.3) is 0 Å². The molecule has 4 heteroatoms. The standard InChI is InChI=1S/C10H19N3S/c1-2-11-5-3-6-12-7-4-10-13-8-9-14-10/h8-9,11-12H,2-7H2,1H3. The Balaban J connectivity index is 1.85. The molecule has 2 N–H and O–H groups in total. The van der Waals surface area contributed by atoms with Crippen molar-refractivity contribution in [2.45, 2.75) is 19.8 Å². The molecule has 0 aromatic carbocycles. The Labute approximate surface area is 89.9 Å². The van der Waals surface area contributed by atoms with E-state index in [1.807, 2.05) is 11.6 Å². The first kappa shape index (κ1) is 11.6. The molecule has 1 aromatic heterocycles. The number of hydrogen-bond acceptors (Lipinski definition) is 4. The van der Waals surface area contributed by atoms with Crippen LogP contribution in [0, 0.1) is 0 Å². The van der Waals surface area contributed by atoms with Crippen LogP contribution in [0.2, 0.25) is 0 Å². The molecule has 1 aromatic rings. The fourth-order valence-electron chi connectivity index (χ4n) is 1.21. The Bertz CT molecular complexity index is 211. The Morgan fingerprint density at radius 2 is 2.14 bits per heavy atom. The van der Waals surface area contributed by atoms with Crippen LogP contribution >= 0.6 is 11.3 Å². The summed E-state index contributed by atoms with van der Waals surface area (Å²) >= 11 is 1.73. The van der Waals surface area contributed by atoms with Crippen molar-refractivity contribution in [1.29, 1.82) is 0 Å². The highest BCUT2D eigenvalue weighted by Crippen LogP contribution is 2.03. The summed E-state index contributed by atoms with van der Waals surface area (Å²) in [6, 6.07) is 0. The van der Waals surface area contributed by atoms with E-state index < -0.39 is 0 Å². The molecule has 14 heavy (non-hydrogen) atoms. The van der Waals surface area contributed by atoms with Crippen molar-refractivity contribution < 1.29 is 0 Å². The summed E-state index contributed by atoms with van der Waals surface area (Å²) in [4.78, 5) is 4.23. The van der Waals surface area contributed by atoms with Gasteiger partial charge in [0.1, 0.15) is 0 Å². The number of rotatable bonds is 8. The van der Waals surface area contributed by atoms with Gasteiger partial charge in [-0.1, -0.05) is 6.92 Å². The van der Waals surface area contributed by atoms with E-state index in [0.717, 1.165) is 32.6 Å². The molecular weight excluding hydrogens is 194 g/mol. The van der Waals surface area contributed by atoms with Crippen LogP contribution in [-0.4, -0.2) is 31.2 Å². The smallest absolute Gasteiger partial charge is 0.0937 e. The Morgan fingerprint density at radius 1 is 1.29 bits per heavy atom. The van der Waals surface area contributed by atoms with Gasteiger partial charge in [0, 0.05) is 24.5 Å². The molecule has 0 radical (unpaired) electrons. The van der Waals surface area contributed by atoms with Gasteiger partial charge >= 0.3 is 0 Å². The number of nitrogens with zero attached hydrogens (tertiary/aromatic N) is 1. The van der Waals surface area contributed by atoms with E-state index in [9.17, 15) is 0 Å². The van der Waals surface area contributed by atoms with Crippen LogP contribution in [0.15, 0.2) is 11.6 Å². The normalized spacial score (nSPS) is 10.6. The van der Waals surface area contributed by atoms with Crippen molar-refractivity contribution in [3.8, 4) is 0 Å². The summed E-state index contributed by atoms with van der Waals surface area (Å²) in [6.45, 7) is 6.45. The SMILES string of the molecule is CCNCCCNCCc1nccs1. The number of aromatic nitrogens is 1. The van der Waals surface area contributed by atoms with Crippen LogP contribution in [0.5, 0.6) is 0 Å². The molecule has 0 amide bonds. The molecule has 80 valence electrons. The third-order valence-electron chi connectivity index (χ3n) is 1.96. The lowest BCUT2D eigenvalue weighted by Crippen LogP contribution is -2.23. The summed E-state index contributed by atoms with van der Waals surface area (Å²) in [5, 5.41) is 9.97. The Morgan fingerprint density at radius 3 is 2.86 bits per heavy atom. The van der Waals surface area contributed by atoms with Crippen molar-refractivity contribution in [2.24, 2.45) is 0 Å². The highest BCUT2D eigenvalue weighted by Gasteiger charge is 1.94. The lowest BCUT2D eigenvalue weighted by atomic mass is 10.4. The summed E-state index contributed by atoms with van der Waals surface area (Å²) in [6.07, 6.45) is 4.12. The highest BCUT2D eigenvalue weighted by molar-refractivity contribution is 7.09. The van der Waals surface area contributed by atoms with Crippen molar-refractivity contribution >= 4 is 11.3 Å². The zero-order chi connectivity index (χ0) is 10.1. The molecule has 0 aliphatic carbocycles. The first-order chi connectivity index (χ1) is 6.93. The maximum Gasteiger partial charge on any atom is 0.0937 e. The van der Waals surface area contributed by atoms with Crippen LogP contribution < -0.4 is 10.6 Å². The van der Waals surface area contributed by atoms with Crippen molar-refractivity contribution in [1.82, 2.24) is 15.6 Å². The molecule has 0 fully saturated rings. The molecule has 0 aliphatic rings. The average Bonchev–Trinajstić information content (AvgIpc) is 2.69. The molecule has 1 heterocycles. The van der Waals surface area contributed by atoms with Gasteiger partial charge in [-0.2, -0.15) is 0 Å². The minimum Gasteiger partial charge on any atom is -0.317 e. The summed E-state index contributed by atoms with van der Waals surface area (Å²) in [5.41, 5.74) is 0. The van der Waals surface area contributed by atoms with Crippen LogP contribution in [0.4, 0.5) is 0 Å². The molecule has 0 aliphatic heterocycles. The van der Waals surface area contributed by atoms with Gasteiger partial charge in [0.05, 0.1) is 5.01 Å². The van der Waals surface area contributed by atoms with Gasteiger partial charge in [-0.3, -0.25) is 0 Å². The van der Waals surface area contributed by atoms with Gasteiger partial charge < -0.3 is 10.6 Å². The molecule has 3 nitrogen and oxygen atoms in total. The van der Waals surface area contributed by atoms with Gasteiger partial charge in [0.2, 0.25) is 0 Å². The molecule has 0 saturated carbocycles. The minimum atomic E-state index is 1.04. The molecule has 0 atom stereocenters. The van der Waals surface area contributed by atoms with E-state index in [0.29, 0.717) is 0 Å². The molecule has 0 bridgehead atoms. The number of nitrogens with one attached hydrogen (secondary N) is 2. The Kier molecular flexibility index (Phi) is 6.57. The lowest BCUT2D eigenvalue weighted by Gasteiger charge is -2.03. The topological polar surface area (TPSA) is 37.0 Å². The van der Waals surface area contributed by atoms with Gasteiger partial charge in [-0.25, -0.2) is 4.98 Å². The maximum absolute atomic E-state index is 4.23. The molecule has 0 saturated heterocycles. The summed E-state index contributed by atoms with van der Waals surface area (Å²) in [5.74, 6) is 0. The van der Waals surface area contributed by atoms with Crippen LogP contribution in [0.3, 0.4) is 0 Å². The highest BCUT2D eigenvalue weighted by atomic mass is 32.1. The van der Waals surface area contributed by atoms with Gasteiger partial charge in [0.25, 0.3) is 0 Å². The lowest BCUT2D eigenvalue weighted by molar-refractivity contribution is 0.606. The fourth-order valence-corrected chi connectivity index (χ4v) is 1.83. The predicted molar refractivity (Wildman–Crippen MR) is 61.8 cm³/mol. The van der Waals surface area contributed by atoms with Crippen molar-refractivity contribution in [2.75, 3.05) is 26.2 Å². The molecule has 0 unspecified atom stereocenters. The Hall–Kier alpha value is -0.450. The van der Waals surface area contributed by atoms with Crippen LogP contribution in [0.1, 0.15) is 18.4 Å². The van der Waals surface area contributed by atoms with E-state index in [2.05, 4.69) is 22.5 Å². The first-order valence-corrected chi connectivity index (χ1v) is 6.11. The van der Waals surface area contributed by atoms with E-state index in [1.54, 1.807) is 11.3 Å². The predicted octanol–water partition coefficient (Wildman–Crippen LogP) is 1.27. The second-order valence-electron chi connectivity index (χ2n) is 3.13. The van der Waals surface area contributed by atoms with Gasteiger partial charge in [0.15, 0.2) is 0 Å². The van der Waals surface area contributed by atoms with E-state index in [-0.39, 0.29) is 0 Å². The van der Waals surface area contributed by atoms with E-state index in [1.165, 1.54) is 11.4 Å². The zero-order valence-corrected chi connectivity index (χ0v) is 9.57. The van der Waals surface area contributed by atoms with Crippen molar-refractivity contribution in [3.05, 3.63) is 16.6 Å². The molecule has 0 spiro atoms. The quantitative estimate of drug-likeness (QED) is 0.639. The molecule has 1 rings (SSSR count). The third-order valence-corrected chi connectivity index (χ3v) is 2.80. The average molecular weight is 213 g/mol. The zero-order valence-electron chi connectivity index (χ0n) is 8.75. The second kappa shape index (κ2) is 7.91. The minimum absolute atomic E-state index is 1.04. The monoisotopic (exact) mass is 213 g/mol. The maximum atomic E-state index is 4.23. The van der Waals surface area contributed by atoms with Crippen LogP contribution in [-0.2, 0) is 6.42 Å². The molecular formula is C10H19N3S. The summed E-state index contributed by atoms with van der Waals surface area (Å²) < 4.78 is 0. The van der Waals surface area contributed by atoms with Gasteiger partial charge in [-0.15, -0.1) is 11.3 Å². The number of thiazole rings is 1. The van der Waals surface area contributed by atoms with E-state index in [4.69, 9.17) is 0 Å². The van der Waals surface area contributed by atoms with Crippen molar-refractivity contribution in [3.63, 3.8) is 0 Å². The summed E-state index contributed by atoms with van der Waals surface area (Å²) in [7, 11) is 0. The van der Waals surface area contributed by atoms with E-state index >= 15 is 0 Å². The first-order valence-electron chi connectivity index (χ1n) is 5.23. The van der Waals surface area contributed by atoms with Gasteiger partial charge in [-0.05, 0) is 26.1 Å². The number of hydrogen-bond donors (Lipinski definition) is 2. The fraction of sp³-hybridized carbons (Fsp3) is 0.700. The third kappa shape index (κ3) is 5.32.